The van der Waals surface area contributed by atoms with Crippen LogP contribution in [0.5, 0.6) is 0 Å². The van der Waals surface area contributed by atoms with Gasteiger partial charge in [0.2, 0.25) is 0 Å². The van der Waals surface area contributed by atoms with Crippen LogP contribution in [0.15, 0.2) is 65.0 Å². The highest BCUT2D eigenvalue weighted by atomic mass is 127. The third kappa shape index (κ3) is 8.75. The smallest absolute Gasteiger partial charge is 0.367 e. The quantitative estimate of drug-likeness (QED) is 0.215. The fraction of sp³-hybridized carbons (Fsp3) is 0.273. The summed E-state index contributed by atoms with van der Waals surface area (Å²) in [6.07, 6.45) is -4.31. The molecule has 0 saturated heterocycles. The predicted molar refractivity (Wildman–Crippen MR) is 132 cm³/mol. The van der Waals surface area contributed by atoms with Crippen molar-refractivity contribution in [3.63, 3.8) is 0 Å². The van der Waals surface area contributed by atoms with Gasteiger partial charge in [-0.3, -0.25) is 4.99 Å². The lowest BCUT2D eigenvalue weighted by atomic mass is 10.1. The molecular formula is C22H24F3IN4OS. The maximum Gasteiger partial charge on any atom is 0.411 e. The second-order valence-corrected chi connectivity index (χ2v) is 7.64. The average molecular weight is 576 g/mol. The summed E-state index contributed by atoms with van der Waals surface area (Å²) in [4.78, 5) is 8.85. The number of hydrogen-bond donors (Lipinski definition) is 2. The van der Waals surface area contributed by atoms with E-state index in [1.165, 1.54) is 0 Å². The van der Waals surface area contributed by atoms with E-state index in [4.69, 9.17) is 0 Å². The van der Waals surface area contributed by atoms with Crippen molar-refractivity contribution < 1.29 is 17.9 Å². The second-order valence-electron chi connectivity index (χ2n) is 6.70. The second kappa shape index (κ2) is 12.8. The molecule has 1 heterocycles. The lowest BCUT2D eigenvalue weighted by Crippen LogP contribution is -2.36. The van der Waals surface area contributed by atoms with Gasteiger partial charge in [0.15, 0.2) is 5.96 Å². The zero-order chi connectivity index (χ0) is 22.1. The Bertz CT molecular complexity index is 979. The normalized spacial score (nSPS) is 11.7. The molecule has 32 heavy (non-hydrogen) atoms. The molecule has 0 radical (unpaired) electrons. The number of benzene rings is 2. The van der Waals surface area contributed by atoms with Gasteiger partial charge in [0.1, 0.15) is 11.6 Å². The molecule has 0 atom stereocenters. The first kappa shape index (κ1) is 26.1. The van der Waals surface area contributed by atoms with E-state index in [2.05, 4.69) is 25.3 Å². The molecule has 0 fully saturated rings. The Morgan fingerprint density at radius 3 is 2.31 bits per heavy atom. The lowest BCUT2D eigenvalue weighted by Gasteiger charge is -2.12. The number of thiazole rings is 1. The van der Waals surface area contributed by atoms with Gasteiger partial charge in [-0.2, -0.15) is 13.2 Å². The standard InChI is InChI=1S/C22H23F3N4OS.HI/c1-26-21(28-12-20-29-19(14-31-20)18-5-3-2-4-6-18)27-11-16-7-9-17(10-8-16)13-30-15-22(23,24)25;/h2-10,14H,11-13,15H2,1H3,(H2,26,27,28);1H. The van der Waals surface area contributed by atoms with Crippen LogP contribution in [0.25, 0.3) is 11.3 Å². The van der Waals surface area contributed by atoms with E-state index in [-0.39, 0.29) is 30.6 Å². The van der Waals surface area contributed by atoms with Crippen LogP contribution in [-0.4, -0.2) is 30.8 Å². The molecule has 0 spiro atoms. The highest BCUT2D eigenvalue weighted by Gasteiger charge is 2.27. The Balaban J connectivity index is 0.00000363. The number of alkyl halides is 3. The molecule has 0 amide bonds. The van der Waals surface area contributed by atoms with E-state index >= 15 is 0 Å². The predicted octanol–water partition coefficient (Wildman–Crippen LogP) is 5.37. The van der Waals surface area contributed by atoms with Gasteiger partial charge in [0, 0.05) is 24.5 Å². The van der Waals surface area contributed by atoms with Gasteiger partial charge in [-0.1, -0.05) is 54.6 Å². The first-order chi connectivity index (χ1) is 14.9. The van der Waals surface area contributed by atoms with Crippen LogP contribution in [0.1, 0.15) is 16.1 Å². The van der Waals surface area contributed by atoms with Crippen LogP contribution in [0.2, 0.25) is 0 Å². The molecule has 0 aliphatic heterocycles. The lowest BCUT2D eigenvalue weighted by molar-refractivity contribution is -0.176. The van der Waals surface area contributed by atoms with Gasteiger partial charge >= 0.3 is 6.18 Å². The molecule has 0 bridgehead atoms. The topological polar surface area (TPSA) is 58.5 Å². The van der Waals surface area contributed by atoms with Crippen molar-refractivity contribution in [1.82, 2.24) is 15.6 Å². The third-order valence-electron chi connectivity index (χ3n) is 4.27. The van der Waals surface area contributed by atoms with Crippen LogP contribution in [0, 0.1) is 0 Å². The maximum absolute atomic E-state index is 12.1. The van der Waals surface area contributed by atoms with Crippen LogP contribution < -0.4 is 10.6 Å². The fourth-order valence-corrected chi connectivity index (χ4v) is 3.48. The van der Waals surface area contributed by atoms with E-state index in [9.17, 15) is 13.2 Å². The number of nitrogens with one attached hydrogen (secondary N) is 2. The summed E-state index contributed by atoms with van der Waals surface area (Å²) in [6.45, 7) is -0.247. The minimum absolute atomic E-state index is 0. The number of aromatic nitrogens is 1. The summed E-state index contributed by atoms with van der Waals surface area (Å²) in [6, 6.07) is 17.2. The number of ether oxygens (including phenoxy) is 1. The summed E-state index contributed by atoms with van der Waals surface area (Å²) in [7, 11) is 1.69. The molecular weight excluding hydrogens is 552 g/mol. The van der Waals surface area contributed by atoms with Crippen molar-refractivity contribution >= 4 is 41.3 Å². The summed E-state index contributed by atoms with van der Waals surface area (Å²) >= 11 is 1.58. The molecule has 0 saturated carbocycles. The number of nitrogens with zero attached hydrogens (tertiary/aromatic N) is 2. The van der Waals surface area contributed by atoms with Gasteiger partial charge in [-0.05, 0) is 11.1 Å². The monoisotopic (exact) mass is 576 g/mol. The van der Waals surface area contributed by atoms with Gasteiger partial charge in [-0.15, -0.1) is 35.3 Å². The molecule has 0 aliphatic carbocycles. The molecule has 10 heteroatoms. The Kier molecular flexibility index (Phi) is 10.4. The largest absolute Gasteiger partial charge is 0.411 e. The zero-order valence-corrected chi connectivity index (χ0v) is 20.5. The average Bonchev–Trinajstić information content (AvgIpc) is 3.24. The molecule has 172 valence electrons. The summed E-state index contributed by atoms with van der Waals surface area (Å²) in [5, 5.41) is 9.43. The molecule has 3 aromatic rings. The van der Waals surface area contributed by atoms with Crippen molar-refractivity contribution in [2.24, 2.45) is 4.99 Å². The Hall–Kier alpha value is -2.18. The van der Waals surface area contributed by atoms with Gasteiger partial charge in [0.05, 0.1) is 18.8 Å². The Labute approximate surface area is 206 Å². The fourth-order valence-electron chi connectivity index (χ4n) is 2.74. The van der Waals surface area contributed by atoms with E-state index in [0.29, 0.717) is 24.6 Å². The van der Waals surface area contributed by atoms with Crippen molar-refractivity contribution in [1.29, 1.82) is 0 Å². The van der Waals surface area contributed by atoms with E-state index in [0.717, 1.165) is 21.8 Å². The molecule has 5 nitrogen and oxygen atoms in total. The van der Waals surface area contributed by atoms with E-state index in [1.807, 2.05) is 47.8 Å². The first-order valence-corrected chi connectivity index (χ1v) is 10.5. The van der Waals surface area contributed by atoms with Gasteiger partial charge < -0.3 is 15.4 Å². The third-order valence-corrected chi connectivity index (χ3v) is 5.12. The highest BCUT2D eigenvalue weighted by Crippen LogP contribution is 2.21. The van der Waals surface area contributed by atoms with Crippen LogP contribution in [0.4, 0.5) is 13.2 Å². The number of halogens is 4. The van der Waals surface area contributed by atoms with E-state index < -0.39 is 12.8 Å². The van der Waals surface area contributed by atoms with Crippen LogP contribution in [-0.2, 0) is 24.4 Å². The molecule has 1 aromatic heterocycles. The maximum atomic E-state index is 12.1. The van der Waals surface area contributed by atoms with Crippen molar-refractivity contribution in [3.8, 4) is 11.3 Å². The highest BCUT2D eigenvalue weighted by molar-refractivity contribution is 14.0. The molecule has 3 rings (SSSR count). The molecule has 2 aromatic carbocycles. The number of guanidine groups is 1. The minimum Gasteiger partial charge on any atom is -0.367 e. The zero-order valence-electron chi connectivity index (χ0n) is 17.4. The van der Waals surface area contributed by atoms with Crippen molar-refractivity contribution in [2.45, 2.75) is 25.9 Å². The summed E-state index contributed by atoms with van der Waals surface area (Å²) < 4.78 is 41.1. The summed E-state index contributed by atoms with van der Waals surface area (Å²) in [5.41, 5.74) is 3.70. The van der Waals surface area contributed by atoms with Gasteiger partial charge in [0.25, 0.3) is 0 Å². The van der Waals surface area contributed by atoms with E-state index in [1.54, 1.807) is 30.5 Å². The SMILES string of the molecule is CN=C(NCc1ccc(COCC(F)(F)F)cc1)NCc1nc(-c2ccccc2)cs1.I. The molecule has 0 aliphatic rings. The Morgan fingerprint density at radius 2 is 1.66 bits per heavy atom. The van der Waals surface area contributed by atoms with Gasteiger partial charge in [-0.25, -0.2) is 4.98 Å². The first-order valence-electron chi connectivity index (χ1n) is 9.59. The molecule has 2 N–H and O–H groups in total. The molecule has 0 unspecified atom stereocenters. The number of hydrogen-bond acceptors (Lipinski definition) is 4. The number of aliphatic imine (C=N–C) groups is 1. The Morgan fingerprint density at radius 1 is 1.00 bits per heavy atom. The van der Waals surface area contributed by atoms with Crippen molar-refractivity contribution in [2.75, 3.05) is 13.7 Å². The van der Waals surface area contributed by atoms with Crippen LogP contribution >= 0.6 is 35.3 Å². The summed E-state index contributed by atoms with van der Waals surface area (Å²) in [5.74, 6) is 0.633. The number of rotatable bonds is 8. The van der Waals surface area contributed by atoms with Crippen molar-refractivity contribution in [3.05, 3.63) is 76.1 Å². The van der Waals surface area contributed by atoms with Crippen LogP contribution in [0.3, 0.4) is 0 Å². The minimum atomic E-state index is -4.31.